The Kier molecular flexibility index (Phi) is 1.82. The molecule has 12 heavy (non-hydrogen) atoms. The van der Waals surface area contributed by atoms with Gasteiger partial charge in [0.1, 0.15) is 12.7 Å². The van der Waals surface area contributed by atoms with Crippen LogP contribution in [-0.2, 0) is 6.54 Å². The lowest BCUT2D eigenvalue weighted by molar-refractivity contribution is -0.0211. The average molecular weight is 168 g/mol. The van der Waals surface area contributed by atoms with E-state index in [1.165, 1.54) is 6.33 Å². The largest absolute Gasteiger partial charge is 0.387 e. The molecule has 1 fully saturated rings. The third kappa shape index (κ3) is 1.46. The molecule has 0 bridgehead atoms. The first-order chi connectivity index (χ1) is 5.79. The molecule has 1 saturated heterocycles. The van der Waals surface area contributed by atoms with E-state index in [9.17, 15) is 5.11 Å². The van der Waals surface area contributed by atoms with Crippen LogP contribution in [0, 0.1) is 0 Å². The van der Waals surface area contributed by atoms with Crippen LogP contribution in [0.4, 0.5) is 0 Å². The average Bonchev–Trinajstić information content (AvgIpc) is 2.49. The van der Waals surface area contributed by atoms with Gasteiger partial charge in [-0.25, -0.2) is 4.98 Å². The number of hydrogen-bond donors (Lipinski definition) is 2. The molecule has 1 aromatic heterocycles. The molecule has 0 unspecified atom stereocenters. The predicted molar refractivity (Wildman–Crippen MR) is 42.5 cm³/mol. The van der Waals surface area contributed by atoms with E-state index in [0.717, 1.165) is 13.0 Å². The number of nitrogens with one attached hydrogen (secondary N) is 1. The normalized spacial score (nSPS) is 20.4. The summed E-state index contributed by atoms with van der Waals surface area (Å²) in [5, 5.41) is 16.7. The molecule has 0 aromatic carbocycles. The van der Waals surface area contributed by atoms with Crippen LogP contribution in [0.2, 0.25) is 0 Å². The summed E-state index contributed by atoms with van der Waals surface area (Å²) < 4.78 is 1.73. The van der Waals surface area contributed by atoms with Gasteiger partial charge in [-0.3, -0.25) is 4.68 Å². The Labute approximate surface area is 70.4 Å². The van der Waals surface area contributed by atoms with Crippen molar-refractivity contribution in [1.82, 2.24) is 20.1 Å². The van der Waals surface area contributed by atoms with Gasteiger partial charge in [0.05, 0.1) is 5.60 Å². The van der Waals surface area contributed by atoms with Crippen LogP contribution in [0.1, 0.15) is 6.42 Å². The van der Waals surface area contributed by atoms with Crippen molar-refractivity contribution < 1.29 is 5.11 Å². The third-order valence-electron chi connectivity index (χ3n) is 2.18. The Balaban J connectivity index is 1.82. The molecule has 66 valence electrons. The van der Waals surface area contributed by atoms with Gasteiger partial charge in [0, 0.05) is 19.6 Å². The summed E-state index contributed by atoms with van der Waals surface area (Å²) in [6.45, 7) is 2.13. The van der Waals surface area contributed by atoms with Gasteiger partial charge >= 0.3 is 0 Å². The van der Waals surface area contributed by atoms with Gasteiger partial charge in [0.25, 0.3) is 0 Å². The molecular weight excluding hydrogens is 156 g/mol. The molecule has 2 rings (SSSR count). The molecule has 0 aliphatic carbocycles. The molecule has 1 aromatic rings. The van der Waals surface area contributed by atoms with Gasteiger partial charge in [-0.05, 0) is 6.42 Å². The fraction of sp³-hybridized carbons (Fsp3) is 0.714. The van der Waals surface area contributed by atoms with Crippen molar-refractivity contribution in [1.29, 1.82) is 0 Å². The highest BCUT2D eigenvalue weighted by molar-refractivity contribution is 4.91. The molecule has 0 spiro atoms. The molecule has 1 aliphatic heterocycles. The van der Waals surface area contributed by atoms with Crippen LogP contribution in [0.25, 0.3) is 0 Å². The zero-order valence-corrected chi connectivity index (χ0v) is 6.77. The number of β-amino-alcohol motifs (C(OH)–C–C–N with tert-alkyl or cyclic N) is 1. The maximum atomic E-state index is 9.68. The Morgan fingerprint density at radius 3 is 2.92 bits per heavy atom. The Bertz CT molecular complexity index is 242. The minimum absolute atomic E-state index is 0.508. The second-order valence-corrected chi connectivity index (χ2v) is 3.24. The molecule has 5 heteroatoms. The Morgan fingerprint density at radius 2 is 2.42 bits per heavy atom. The lowest BCUT2D eigenvalue weighted by atomic mass is 9.93. The zero-order valence-electron chi connectivity index (χ0n) is 6.77. The van der Waals surface area contributed by atoms with Crippen molar-refractivity contribution in [3.8, 4) is 0 Å². The second-order valence-electron chi connectivity index (χ2n) is 3.24. The SMILES string of the molecule is OC1(CCn2cncn2)CNC1. The number of hydrogen-bond acceptors (Lipinski definition) is 4. The maximum absolute atomic E-state index is 9.68. The third-order valence-corrected chi connectivity index (χ3v) is 2.18. The van der Waals surface area contributed by atoms with Gasteiger partial charge in [-0.1, -0.05) is 0 Å². The standard InChI is InChI=1S/C7H12N4O/c12-7(3-8-4-7)1-2-11-6-9-5-10-11/h5-6,8,12H,1-4H2. The lowest BCUT2D eigenvalue weighted by Gasteiger charge is -2.37. The highest BCUT2D eigenvalue weighted by Gasteiger charge is 2.33. The van der Waals surface area contributed by atoms with Crippen LogP contribution < -0.4 is 5.32 Å². The van der Waals surface area contributed by atoms with E-state index < -0.39 is 5.60 Å². The molecule has 0 amide bonds. The fourth-order valence-electron chi connectivity index (χ4n) is 1.26. The fourth-order valence-corrected chi connectivity index (χ4v) is 1.26. The van der Waals surface area contributed by atoms with E-state index in [1.807, 2.05) is 0 Å². The lowest BCUT2D eigenvalue weighted by Crippen LogP contribution is -2.59. The summed E-state index contributed by atoms with van der Waals surface area (Å²) in [6, 6.07) is 0. The van der Waals surface area contributed by atoms with Crippen molar-refractivity contribution in [3.05, 3.63) is 12.7 Å². The summed E-state index contributed by atoms with van der Waals surface area (Å²) in [6.07, 6.45) is 3.90. The van der Waals surface area contributed by atoms with Crippen molar-refractivity contribution >= 4 is 0 Å². The molecule has 2 heterocycles. The van der Waals surface area contributed by atoms with Crippen molar-refractivity contribution in [2.24, 2.45) is 0 Å². The first-order valence-electron chi connectivity index (χ1n) is 4.04. The van der Waals surface area contributed by atoms with Crippen LogP contribution in [0.3, 0.4) is 0 Å². The summed E-state index contributed by atoms with van der Waals surface area (Å²) >= 11 is 0. The Hall–Kier alpha value is -0.940. The van der Waals surface area contributed by atoms with E-state index >= 15 is 0 Å². The van der Waals surface area contributed by atoms with Crippen LogP contribution in [-0.4, -0.2) is 38.6 Å². The number of aromatic nitrogens is 3. The van der Waals surface area contributed by atoms with Gasteiger partial charge in [-0.15, -0.1) is 0 Å². The molecule has 2 N–H and O–H groups in total. The van der Waals surface area contributed by atoms with E-state index in [0.29, 0.717) is 13.1 Å². The number of rotatable bonds is 3. The topological polar surface area (TPSA) is 63.0 Å². The number of aryl methyl sites for hydroxylation is 1. The molecular formula is C7H12N4O. The highest BCUT2D eigenvalue weighted by Crippen LogP contribution is 2.15. The predicted octanol–water partition coefficient (Wildman–Crippen LogP) is -0.997. The Morgan fingerprint density at radius 1 is 1.58 bits per heavy atom. The second kappa shape index (κ2) is 2.84. The van der Waals surface area contributed by atoms with Gasteiger partial charge in [0.15, 0.2) is 0 Å². The van der Waals surface area contributed by atoms with Gasteiger partial charge in [0.2, 0.25) is 0 Å². The summed E-state index contributed by atoms with van der Waals surface area (Å²) in [5.74, 6) is 0. The van der Waals surface area contributed by atoms with E-state index in [-0.39, 0.29) is 0 Å². The van der Waals surface area contributed by atoms with Crippen LogP contribution in [0.15, 0.2) is 12.7 Å². The maximum Gasteiger partial charge on any atom is 0.137 e. The van der Waals surface area contributed by atoms with Crippen LogP contribution >= 0.6 is 0 Å². The monoisotopic (exact) mass is 168 g/mol. The number of aliphatic hydroxyl groups is 1. The van der Waals surface area contributed by atoms with Crippen LogP contribution in [0.5, 0.6) is 0 Å². The molecule has 0 saturated carbocycles. The van der Waals surface area contributed by atoms with E-state index in [2.05, 4.69) is 15.4 Å². The molecule has 5 nitrogen and oxygen atoms in total. The summed E-state index contributed by atoms with van der Waals surface area (Å²) in [4.78, 5) is 3.82. The van der Waals surface area contributed by atoms with E-state index in [1.54, 1.807) is 11.0 Å². The number of nitrogens with zero attached hydrogens (tertiary/aromatic N) is 3. The summed E-state index contributed by atoms with van der Waals surface area (Å²) in [7, 11) is 0. The van der Waals surface area contributed by atoms with E-state index in [4.69, 9.17) is 0 Å². The minimum Gasteiger partial charge on any atom is -0.387 e. The van der Waals surface area contributed by atoms with Gasteiger partial charge in [-0.2, -0.15) is 5.10 Å². The summed E-state index contributed by atoms with van der Waals surface area (Å²) in [5.41, 5.74) is -0.508. The first-order valence-corrected chi connectivity index (χ1v) is 4.04. The molecule has 0 radical (unpaired) electrons. The van der Waals surface area contributed by atoms with Crippen molar-refractivity contribution in [2.45, 2.75) is 18.6 Å². The molecule has 1 aliphatic rings. The highest BCUT2D eigenvalue weighted by atomic mass is 16.3. The smallest absolute Gasteiger partial charge is 0.137 e. The molecule has 0 atom stereocenters. The zero-order chi connectivity index (χ0) is 8.44. The van der Waals surface area contributed by atoms with Crippen molar-refractivity contribution in [2.75, 3.05) is 13.1 Å². The van der Waals surface area contributed by atoms with Crippen molar-refractivity contribution in [3.63, 3.8) is 0 Å². The quantitative estimate of drug-likeness (QED) is 0.608. The van der Waals surface area contributed by atoms with Gasteiger partial charge < -0.3 is 10.4 Å². The minimum atomic E-state index is -0.508. The first kappa shape index (κ1) is 7.70.